The van der Waals surface area contributed by atoms with Crippen molar-refractivity contribution in [2.75, 3.05) is 13.1 Å². The van der Waals surface area contributed by atoms with Crippen LogP contribution >= 0.6 is 0 Å². The number of hydrogen-bond acceptors (Lipinski definition) is 3. The first kappa shape index (κ1) is 16.0. The lowest BCUT2D eigenvalue weighted by atomic mass is 10.0. The van der Waals surface area contributed by atoms with E-state index in [4.69, 9.17) is 5.73 Å². The number of nitrogens with two attached hydrogens (primary N) is 1. The Labute approximate surface area is 127 Å². The summed E-state index contributed by atoms with van der Waals surface area (Å²) >= 11 is 0. The Morgan fingerprint density at radius 3 is 2.62 bits per heavy atom. The molecular formula is C17H27N3O. The van der Waals surface area contributed by atoms with Gasteiger partial charge in [-0.15, -0.1) is 0 Å². The molecule has 4 heteroatoms. The zero-order chi connectivity index (χ0) is 15.1. The highest BCUT2D eigenvalue weighted by Crippen LogP contribution is 2.14. The van der Waals surface area contributed by atoms with Crippen molar-refractivity contribution in [1.29, 1.82) is 0 Å². The monoisotopic (exact) mass is 289 g/mol. The van der Waals surface area contributed by atoms with E-state index >= 15 is 0 Å². The molecule has 0 aromatic heterocycles. The smallest absolute Gasteiger partial charge is 0.221 e. The number of nitrogens with zero attached hydrogens (tertiary/aromatic N) is 1. The van der Waals surface area contributed by atoms with Gasteiger partial charge in [-0.25, -0.2) is 0 Å². The largest absolute Gasteiger partial charge is 0.353 e. The molecule has 1 aliphatic heterocycles. The molecule has 0 aliphatic carbocycles. The molecule has 0 bridgehead atoms. The van der Waals surface area contributed by atoms with Gasteiger partial charge >= 0.3 is 0 Å². The van der Waals surface area contributed by atoms with Crippen molar-refractivity contribution in [3.05, 3.63) is 35.9 Å². The van der Waals surface area contributed by atoms with Crippen LogP contribution in [-0.4, -0.2) is 36.0 Å². The van der Waals surface area contributed by atoms with Crippen molar-refractivity contribution in [3.63, 3.8) is 0 Å². The molecule has 1 heterocycles. The second-order valence-electron chi connectivity index (χ2n) is 5.98. The summed E-state index contributed by atoms with van der Waals surface area (Å²) < 4.78 is 0. The lowest BCUT2D eigenvalue weighted by molar-refractivity contribution is -0.122. The molecule has 1 aromatic carbocycles. The highest BCUT2D eigenvalue weighted by molar-refractivity contribution is 5.76. The van der Waals surface area contributed by atoms with Crippen molar-refractivity contribution >= 4 is 5.91 Å². The summed E-state index contributed by atoms with van der Waals surface area (Å²) in [5.41, 5.74) is 7.17. The topological polar surface area (TPSA) is 58.4 Å². The van der Waals surface area contributed by atoms with Crippen molar-refractivity contribution in [2.24, 2.45) is 5.73 Å². The zero-order valence-corrected chi connectivity index (χ0v) is 12.9. The summed E-state index contributed by atoms with van der Waals surface area (Å²) in [5, 5.41) is 3.12. The molecule has 1 fully saturated rings. The number of piperidine rings is 1. The van der Waals surface area contributed by atoms with Crippen molar-refractivity contribution in [3.8, 4) is 0 Å². The second kappa shape index (κ2) is 8.15. The van der Waals surface area contributed by atoms with Gasteiger partial charge in [0.1, 0.15) is 0 Å². The number of amides is 1. The Morgan fingerprint density at radius 1 is 1.33 bits per heavy atom. The van der Waals surface area contributed by atoms with Gasteiger partial charge in [0.25, 0.3) is 0 Å². The first-order valence-corrected chi connectivity index (χ1v) is 7.98. The van der Waals surface area contributed by atoms with Crippen molar-refractivity contribution in [2.45, 2.75) is 51.2 Å². The lowest BCUT2D eigenvalue weighted by Gasteiger charge is -2.32. The normalized spacial score (nSPS) is 18.4. The van der Waals surface area contributed by atoms with E-state index in [9.17, 15) is 4.79 Å². The van der Waals surface area contributed by atoms with Crippen LogP contribution in [0.3, 0.4) is 0 Å². The molecule has 1 amide bonds. The number of carbonyl (C=O) groups excluding carboxylic acids is 1. The highest BCUT2D eigenvalue weighted by Gasteiger charge is 2.21. The van der Waals surface area contributed by atoms with E-state index in [1.165, 1.54) is 5.56 Å². The van der Waals surface area contributed by atoms with E-state index in [1.807, 2.05) is 13.0 Å². The van der Waals surface area contributed by atoms with Crippen LogP contribution < -0.4 is 11.1 Å². The predicted molar refractivity (Wildman–Crippen MR) is 85.8 cm³/mol. The minimum absolute atomic E-state index is 0.0110. The van der Waals surface area contributed by atoms with Gasteiger partial charge in [-0.3, -0.25) is 9.69 Å². The fraction of sp³-hybridized carbons (Fsp3) is 0.588. The maximum atomic E-state index is 11.8. The molecule has 1 aromatic rings. The third-order valence-corrected chi connectivity index (χ3v) is 4.17. The van der Waals surface area contributed by atoms with Crippen LogP contribution in [0.2, 0.25) is 0 Å². The molecule has 0 saturated carbocycles. The Bertz CT molecular complexity index is 427. The highest BCUT2D eigenvalue weighted by atomic mass is 16.1. The van der Waals surface area contributed by atoms with Crippen LogP contribution in [0.4, 0.5) is 0 Å². The number of rotatable bonds is 6. The fourth-order valence-corrected chi connectivity index (χ4v) is 2.75. The number of benzene rings is 1. The van der Waals surface area contributed by atoms with Gasteiger partial charge in [-0.2, -0.15) is 0 Å². The molecule has 2 rings (SSSR count). The maximum absolute atomic E-state index is 11.8. The molecule has 0 spiro atoms. The Kier molecular flexibility index (Phi) is 6.21. The third kappa shape index (κ3) is 5.48. The molecule has 21 heavy (non-hydrogen) atoms. The van der Waals surface area contributed by atoms with Gasteiger partial charge < -0.3 is 11.1 Å². The summed E-state index contributed by atoms with van der Waals surface area (Å²) in [6.45, 7) is 5.10. The summed E-state index contributed by atoms with van der Waals surface area (Å²) in [6, 6.07) is 10.8. The molecule has 116 valence electrons. The first-order valence-electron chi connectivity index (χ1n) is 7.98. The predicted octanol–water partition coefficient (Wildman–Crippen LogP) is 1.89. The first-order chi connectivity index (χ1) is 10.2. The molecular weight excluding hydrogens is 262 g/mol. The van der Waals surface area contributed by atoms with E-state index in [-0.39, 0.29) is 11.9 Å². The summed E-state index contributed by atoms with van der Waals surface area (Å²) in [5.74, 6) is 0.103. The van der Waals surface area contributed by atoms with Gasteiger partial charge in [-0.1, -0.05) is 37.3 Å². The number of hydrogen-bond donors (Lipinski definition) is 2. The Morgan fingerprint density at radius 2 is 2.00 bits per heavy atom. The average molecular weight is 289 g/mol. The van der Waals surface area contributed by atoms with E-state index in [0.29, 0.717) is 12.5 Å². The SMILES string of the molecule is CCC(N)CC(=O)NC1CCN(Cc2ccccc2)CC1. The Hall–Kier alpha value is -1.39. The molecule has 1 aliphatic rings. The minimum Gasteiger partial charge on any atom is -0.353 e. The number of nitrogens with one attached hydrogen (secondary N) is 1. The van der Waals surface area contributed by atoms with Crippen LogP contribution in [0, 0.1) is 0 Å². The summed E-state index contributed by atoms with van der Waals surface area (Å²) in [4.78, 5) is 14.3. The minimum atomic E-state index is -0.0110. The van der Waals surface area contributed by atoms with E-state index in [0.717, 1.165) is 38.9 Å². The second-order valence-corrected chi connectivity index (χ2v) is 5.98. The van der Waals surface area contributed by atoms with Crippen LogP contribution in [-0.2, 0) is 11.3 Å². The number of carbonyl (C=O) groups is 1. The van der Waals surface area contributed by atoms with Gasteiger partial charge in [0.2, 0.25) is 5.91 Å². The van der Waals surface area contributed by atoms with Crippen molar-refractivity contribution < 1.29 is 4.79 Å². The van der Waals surface area contributed by atoms with Crippen molar-refractivity contribution in [1.82, 2.24) is 10.2 Å². The third-order valence-electron chi connectivity index (χ3n) is 4.17. The zero-order valence-electron chi connectivity index (χ0n) is 12.9. The van der Waals surface area contributed by atoms with E-state index in [1.54, 1.807) is 0 Å². The average Bonchev–Trinajstić information content (AvgIpc) is 2.50. The number of likely N-dealkylation sites (tertiary alicyclic amines) is 1. The summed E-state index contributed by atoms with van der Waals surface area (Å²) in [6.07, 6.45) is 3.35. The van der Waals surface area contributed by atoms with Gasteiger partial charge in [0, 0.05) is 38.1 Å². The van der Waals surface area contributed by atoms with Crippen LogP contribution in [0.25, 0.3) is 0 Å². The molecule has 1 unspecified atom stereocenters. The molecule has 3 N–H and O–H groups in total. The fourth-order valence-electron chi connectivity index (χ4n) is 2.75. The van der Waals surface area contributed by atoms with Crippen LogP contribution in [0.15, 0.2) is 30.3 Å². The van der Waals surface area contributed by atoms with Gasteiger partial charge in [-0.05, 0) is 24.8 Å². The molecule has 0 radical (unpaired) electrons. The molecule has 1 atom stereocenters. The quantitative estimate of drug-likeness (QED) is 0.841. The van der Waals surface area contributed by atoms with Gasteiger partial charge in [0.05, 0.1) is 0 Å². The van der Waals surface area contributed by atoms with Gasteiger partial charge in [0.15, 0.2) is 0 Å². The van der Waals surface area contributed by atoms with E-state index < -0.39 is 0 Å². The summed E-state index contributed by atoms with van der Waals surface area (Å²) in [7, 11) is 0. The van der Waals surface area contributed by atoms with Crippen LogP contribution in [0.1, 0.15) is 38.2 Å². The molecule has 4 nitrogen and oxygen atoms in total. The standard InChI is InChI=1S/C17H27N3O/c1-2-15(18)12-17(21)19-16-8-10-20(11-9-16)13-14-6-4-3-5-7-14/h3-7,15-16H,2,8-13,18H2,1H3,(H,19,21). The maximum Gasteiger partial charge on any atom is 0.221 e. The van der Waals surface area contributed by atoms with E-state index in [2.05, 4.69) is 34.5 Å². The molecule has 1 saturated heterocycles. The lowest BCUT2D eigenvalue weighted by Crippen LogP contribution is -2.45. The van der Waals surface area contributed by atoms with Crippen LogP contribution in [0.5, 0.6) is 0 Å². The Balaban J connectivity index is 1.69.